The fourth-order valence-electron chi connectivity index (χ4n) is 1.39. The molecule has 2 aromatic rings. The zero-order chi connectivity index (χ0) is 19.3. The van der Waals surface area contributed by atoms with E-state index in [9.17, 15) is 0 Å². The third-order valence-electron chi connectivity index (χ3n) is 2.80. The van der Waals surface area contributed by atoms with Crippen molar-refractivity contribution in [3.8, 4) is 0 Å². The number of hydrogen-bond acceptors (Lipinski definition) is 2. The minimum absolute atomic E-state index is 1.04. The molecular weight excluding hydrogens is 340 g/mol. The maximum Gasteiger partial charge on any atom is 0.0122 e. The second-order valence-electron chi connectivity index (χ2n) is 5.00. The average Bonchev–Trinajstić information content (AvgIpc) is 2.67. The van der Waals surface area contributed by atoms with Gasteiger partial charge in [0.2, 0.25) is 0 Å². The fraction of sp³-hybridized carbons (Fsp3) is 0.304. The van der Waals surface area contributed by atoms with E-state index in [1.165, 1.54) is 28.2 Å². The predicted molar refractivity (Wildman–Crippen MR) is 122 cm³/mol. The van der Waals surface area contributed by atoms with Crippen LogP contribution in [0.4, 0.5) is 0 Å². The van der Waals surface area contributed by atoms with E-state index in [4.69, 9.17) is 0 Å². The Morgan fingerprint density at radius 3 is 1.76 bits per heavy atom. The highest BCUT2D eigenvalue weighted by Crippen LogP contribution is 2.26. The molecule has 0 amide bonds. The lowest BCUT2D eigenvalue weighted by Gasteiger charge is -2.01. The van der Waals surface area contributed by atoms with Crippen molar-refractivity contribution in [2.24, 2.45) is 0 Å². The van der Waals surface area contributed by atoms with Gasteiger partial charge in [0, 0.05) is 9.79 Å². The normalized spacial score (nSPS) is 8.48. The van der Waals surface area contributed by atoms with Crippen LogP contribution < -0.4 is 0 Å². The summed E-state index contributed by atoms with van der Waals surface area (Å²) in [5, 5.41) is 0. The van der Waals surface area contributed by atoms with Gasteiger partial charge in [-0.15, -0.1) is 19.7 Å². The van der Waals surface area contributed by atoms with Crippen molar-refractivity contribution in [2.45, 2.75) is 49.8 Å². The molecule has 138 valence electrons. The second-order valence-corrected chi connectivity index (χ2v) is 6.60. The Balaban J connectivity index is 0. The van der Waals surface area contributed by atoms with Gasteiger partial charge in [-0.25, -0.2) is 0 Å². The molecule has 0 aliphatic rings. The van der Waals surface area contributed by atoms with E-state index in [-0.39, 0.29) is 0 Å². The van der Waals surface area contributed by atoms with Crippen molar-refractivity contribution < 1.29 is 0 Å². The van der Waals surface area contributed by atoms with Gasteiger partial charge < -0.3 is 0 Å². The summed E-state index contributed by atoms with van der Waals surface area (Å²) >= 11 is 5.80. The standard InChI is InChI=1S/C13H12S.C4H10S.C4H8.C2H4/c1-11-7-9-13(10-8-11)14-12-5-3-2-4-6-12;1-2-3-4-5;1-3-4-2;1-2/h2-10H,1H3;5H,2-4H2,1H3;3H,1,4H2,2H3;1-2H2. The van der Waals surface area contributed by atoms with Crippen LogP contribution in [0.1, 0.15) is 38.7 Å². The first kappa shape index (κ1) is 25.9. The minimum Gasteiger partial charge on any atom is -0.179 e. The highest BCUT2D eigenvalue weighted by Gasteiger charge is 1.94. The van der Waals surface area contributed by atoms with E-state index in [1.807, 2.05) is 12.1 Å². The molecular formula is C23H34S2. The molecule has 0 N–H and O–H groups in total. The summed E-state index contributed by atoms with van der Waals surface area (Å²) in [4.78, 5) is 2.58. The largest absolute Gasteiger partial charge is 0.179 e. The zero-order valence-electron chi connectivity index (χ0n) is 16.1. The molecule has 0 nitrogen and oxygen atoms in total. The molecule has 0 spiro atoms. The topological polar surface area (TPSA) is 0 Å². The molecule has 0 atom stereocenters. The van der Waals surface area contributed by atoms with Crippen LogP contribution in [-0.4, -0.2) is 5.75 Å². The van der Waals surface area contributed by atoms with E-state index in [0.717, 1.165) is 12.2 Å². The van der Waals surface area contributed by atoms with E-state index in [1.54, 1.807) is 11.8 Å². The SMILES string of the molecule is C=C.C=CCC.CCCCS.Cc1ccc(Sc2ccccc2)cc1. The van der Waals surface area contributed by atoms with Crippen molar-refractivity contribution in [3.63, 3.8) is 0 Å². The first-order chi connectivity index (χ1) is 12.2. The summed E-state index contributed by atoms with van der Waals surface area (Å²) in [5.74, 6) is 1.04. The van der Waals surface area contributed by atoms with Crippen LogP contribution in [0.5, 0.6) is 0 Å². The van der Waals surface area contributed by atoms with Crippen molar-refractivity contribution in [3.05, 3.63) is 86.0 Å². The molecule has 0 aromatic heterocycles. The van der Waals surface area contributed by atoms with Gasteiger partial charge in [0.25, 0.3) is 0 Å². The van der Waals surface area contributed by atoms with E-state index < -0.39 is 0 Å². The smallest absolute Gasteiger partial charge is 0.0122 e. The van der Waals surface area contributed by atoms with Gasteiger partial charge in [-0.2, -0.15) is 12.6 Å². The number of aryl methyl sites for hydroxylation is 1. The van der Waals surface area contributed by atoms with Crippen LogP contribution in [-0.2, 0) is 0 Å². The molecule has 0 aliphatic carbocycles. The molecule has 25 heavy (non-hydrogen) atoms. The molecule has 2 heteroatoms. The lowest BCUT2D eigenvalue weighted by Crippen LogP contribution is -1.74. The molecule has 0 radical (unpaired) electrons. The average molecular weight is 375 g/mol. The molecule has 0 bridgehead atoms. The van der Waals surface area contributed by atoms with Gasteiger partial charge >= 0.3 is 0 Å². The van der Waals surface area contributed by atoms with Gasteiger partial charge in [-0.05, 0) is 49.8 Å². The van der Waals surface area contributed by atoms with Gasteiger partial charge in [-0.1, -0.05) is 74.0 Å². The van der Waals surface area contributed by atoms with Crippen LogP contribution in [0.25, 0.3) is 0 Å². The van der Waals surface area contributed by atoms with Crippen LogP contribution >= 0.6 is 24.4 Å². The number of unbranched alkanes of at least 4 members (excludes halogenated alkanes) is 1. The highest BCUT2D eigenvalue weighted by atomic mass is 32.2. The Morgan fingerprint density at radius 1 is 0.920 bits per heavy atom. The minimum atomic E-state index is 1.04. The molecule has 0 unspecified atom stereocenters. The lowest BCUT2D eigenvalue weighted by atomic mass is 10.2. The molecule has 0 saturated carbocycles. The third-order valence-corrected chi connectivity index (χ3v) is 4.13. The summed E-state index contributed by atoms with van der Waals surface area (Å²) in [7, 11) is 0. The van der Waals surface area contributed by atoms with Crippen molar-refractivity contribution in [2.75, 3.05) is 5.75 Å². The molecule has 0 heterocycles. The summed E-state index contributed by atoms with van der Waals surface area (Å²) < 4.78 is 0. The molecule has 0 aliphatic heterocycles. The van der Waals surface area contributed by atoms with Crippen LogP contribution in [0.15, 0.2) is 90.2 Å². The summed E-state index contributed by atoms with van der Waals surface area (Å²) in [5.41, 5.74) is 1.31. The van der Waals surface area contributed by atoms with Crippen LogP contribution in [0.3, 0.4) is 0 Å². The Bertz CT molecular complexity index is 501. The number of benzene rings is 2. The molecule has 0 fully saturated rings. The van der Waals surface area contributed by atoms with Crippen molar-refractivity contribution >= 4 is 24.4 Å². The maximum atomic E-state index is 4.00. The van der Waals surface area contributed by atoms with Gasteiger partial charge in [0.1, 0.15) is 0 Å². The Hall–Kier alpha value is -1.38. The first-order valence-electron chi connectivity index (χ1n) is 8.69. The van der Waals surface area contributed by atoms with Crippen LogP contribution in [0.2, 0.25) is 0 Å². The molecule has 2 rings (SSSR count). The first-order valence-corrected chi connectivity index (χ1v) is 10.1. The number of hydrogen-bond donors (Lipinski definition) is 1. The van der Waals surface area contributed by atoms with Crippen LogP contribution in [0, 0.1) is 6.92 Å². The molecule has 0 saturated heterocycles. The maximum absolute atomic E-state index is 4.00. The van der Waals surface area contributed by atoms with E-state index in [2.05, 4.69) is 102 Å². The van der Waals surface area contributed by atoms with Crippen molar-refractivity contribution in [1.82, 2.24) is 0 Å². The highest BCUT2D eigenvalue weighted by molar-refractivity contribution is 7.99. The van der Waals surface area contributed by atoms with Crippen molar-refractivity contribution in [1.29, 1.82) is 0 Å². The number of thiol groups is 1. The third kappa shape index (κ3) is 17.2. The fourth-order valence-corrected chi connectivity index (χ4v) is 2.54. The van der Waals surface area contributed by atoms with E-state index in [0.29, 0.717) is 0 Å². The Kier molecular flexibility index (Phi) is 21.4. The monoisotopic (exact) mass is 374 g/mol. The zero-order valence-corrected chi connectivity index (χ0v) is 17.8. The Labute approximate surface area is 165 Å². The van der Waals surface area contributed by atoms with Gasteiger partial charge in [0.15, 0.2) is 0 Å². The predicted octanol–water partition coefficient (Wildman–Crippen LogP) is 8.25. The summed E-state index contributed by atoms with van der Waals surface area (Å²) in [6.07, 6.45) is 5.48. The number of rotatable bonds is 5. The summed E-state index contributed by atoms with van der Waals surface area (Å²) in [6.45, 7) is 15.8. The van der Waals surface area contributed by atoms with Gasteiger partial charge in [-0.3, -0.25) is 0 Å². The second kappa shape index (κ2) is 20.7. The summed E-state index contributed by atoms with van der Waals surface area (Å²) in [6, 6.07) is 19.0. The molecule has 2 aromatic carbocycles. The lowest BCUT2D eigenvalue weighted by molar-refractivity contribution is 0.899. The number of allylic oxidation sites excluding steroid dienone is 1. The van der Waals surface area contributed by atoms with E-state index >= 15 is 0 Å². The Morgan fingerprint density at radius 2 is 1.40 bits per heavy atom. The quantitative estimate of drug-likeness (QED) is 0.406. The van der Waals surface area contributed by atoms with Gasteiger partial charge in [0.05, 0.1) is 0 Å².